The number of nitrogens with zero attached hydrogens (tertiary/aromatic N) is 2. The second-order valence-corrected chi connectivity index (χ2v) is 9.77. The molecule has 0 N–H and O–H groups in total. The van der Waals surface area contributed by atoms with Gasteiger partial charge in [0.1, 0.15) is 13.1 Å². The molecule has 0 radical (unpaired) electrons. The summed E-state index contributed by atoms with van der Waals surface area (Å²) < 4.78 is 78.9. The number of amides is 4. The molecule has 0 aliphatic carbocycles. The highest BCUT2D eigenvalue weighted by Gasteiger charge is 2.43. The fraction of sp³-hybridized carbons (Fsp3) is 0.143. The van der Waals surface area contributed by atoms with Gasteiger partial charge < -0.3 is 0 Å². The van der Waals surface area contributed by atoms with Crippen LogP contribution in [0.2, 0.25) is 0 Å². The maximum absolute atomic E-state index is 13.1. The van der Waals surface area contributed by atoms with E-state index in [4.69, 9.17) is 0 Å². The van der Waals surface area contributed by atoms with E-state index in [1.807, 2.05) is 0 Å². The Morgan fingerprint density at radius 1 is 0.425 bits per heavy atom. The van der Waals surface area contributed by atoms with E-state index in [9.17, 15) is 45.5 Å². The fourth-order valence-electron chi connectivity index (χ4n) is 6.01. The van der Waals surface area contributed by atoms with E-state index in [2.05, 4.69) is 0 Å². The van der Waals surface area contributed by atoms with Gasteiger partial charge in [-0.25, -0.2) is 0 Å². The molecule has 12 heteroatoms. The summed E-state index contributed by atoms with van der Waals surface area (Å²) in [5, 5.41) is 3.22. The minimum Gasteiger partial charge on any atom is -0.269 e. The van der Waals surface area contributed by atoms with Crippen LogP contribution in [0.1, 0.15) is 41.4 Å². The lowest BCUT2D eigenvalue weighted by molar-refractivity contribution is -0.137. The lowest BCUT2D eigenvalue weighted by Gasteiger charge is -2.30. The predicted molar refractivity (Wildman–Crippen MR) is 130 cm³/mol. The van der Waals surface area contributed by atoms with E-state index in [0.29, 0.717) is 32.3 Å². The lowest BCUT2D eigenvalue weighted by Crippen LogP contribution is -2.45. The molecule has 2 aliphatic rings. The number of hydrogen-bond donors (Lipinski definition) is 0. The van der Waals surface area contributed by atoms with Crippen molar-refractivity contribution in [2.45, 2.75) is 12.4 Å². The third kappa shape index (κ3) is 3.12. The number of imide groups is 2. The standard InChI is InChI=1S/C28H12F6N2O4/c29-27(30,31)9-35-23(37)15-5-1-11-12-2-6-17-22-18(26(40)36(25(17)39)10-28(32,33)34)8-4-14(20(12)22)13-3-7-16(24(35)38)21(15)19(11)13/h1-8H,9-10H2. The van der Waals surface area contributed by atoms with Crippen molar-refractivity contribution in [3.63, 3.8) is 0 Å². The van der Waals surface area contributed by atoms with Crippen LogP contribution in [0.15, 0.2) is 48.5 Å². The summed E-state index contributed by atoms with van der Waals surface area (Å²) in [4.78, 5) is 52.5. The predicted octanol–water partition coefficient (Wildman–Crippen LogP) is 6.05. The number of hydrogen-bond acceptors (Lipinski definition) is 4. The topological polar surface area (TPSA) is 74.8 Å². The second-order valence-electron chi connectivity index (χ2n) is 9.77. The Morgan fingerprint density at radius 3 is 0.900 bits per heavy atom. The van der Waals surface area contributed by atoms with Crippen molar-refractivity contribution in [2.75, 3.05) is 13.1 Å². The van der Waals surface area contributed by atoms with Crippen LogP contribution in [0.3, 0.4) is 0 Å². The smallest absolute Gasteiger partial charge is 0.269 e. The quantitative estimate of drug-likeness (QED) is 0.115. The van der Waals surface area contributed by atoms with Crippen LogP contribution in [0.25, 0.3) is 43.1 Å². The van der Waals surface area contributed by atoms with Gasteiger partial charge in [0, 0.05) is 33.0 Å². The molecule has 7 rings (SSSR count). The SMILES string of the molecule is O=C1c2ccc3c4ccc5c6c(ccc(c7ccc(c2c37)C(=O)N1CC(F)(F)F)c64)C(=O)N(CC(F)(F)F)C5=O. The Balaban J connectivity index is 1.54. The molecule has 5 aromatic rings. The Morgan fingerprint density at radius 2 is 0.675 bits per heavy atom. The second kappa shape index (κ2) is 7.46. The molecule has 4 amide bonds. The normalized spacial score (nSPS) is 16.1. The van der Waals surface area contributed by atoms with Crippen LogP contribution < -0.4 is 0 Å². The van der Waals surface area contributed by atoms with Crippen LogP contribution in [0, 0.1) is 0 Å². The number of carbonyl (C=O) groups excluding carboxylic acids is 4. The average Bonchev–Trinajstić information content (AvgIpc) is 2.88. The van der Waals surface area contributed by atoms with Gasteiger partial charge in [-0.3, -0.25) is 29.0 Å². The molecule has 5 aromatic carbocycles. The zero-order valence-electron chi connectivity index (χ0n) is 19.8. The van der Waals surface area contributed by atoms with Gasteiger partial charge in [-0.2, -0.15) is 26.3 Å². The van der Waals surface area contributed by atoms with Crippen molar-refractivity contribution in [3.8, 4) is 0 Å². The van der Waals surface area contributed by atoms with Gasteiger partial charge in [0.15, 0.2) is 0 Å². The first-order valence-corrected chi connectivity index (χ1v) is 11.8. The Kier molecular flexibility index (Phi) is 4.54. The molecule has 6 nitrogen and oxygen atoms in total. The van der Waals surface area contributed by atoms with Crippen molar-refractivity contribution in [2.24, 2.45) is 0 Å². The van der Waals surface area contributed by atoms with Gasteiger partial charge in [0.2, 0.25) is 0 Å². The zero-order chi connectivity index (χ0) is 28.5. The minimum absolute atomic E-state index is 0.0818. The molecule has 0 fully saturated rings. The summed E-state index contributed by atoms with van der Waals surface area (Å²) in [5.74, 6) is -4.35. The van der Waals surface area contributed by atoms with Crippen LogP contribution >= 0.6 is 0 Å². The van der Waals surface area contributed by atoms with Gasteiger partial charge in [-0.1, -0.05) is 24.3 Å². The summed E-state index contributed by atoms with van der Waals surface area (Å²) in [6.45, 7) is -3.48. The van der Waals surface area contributed by atoms with Crippen LogP contribution in [-0.4, -0.2) is 58.9 Å². The molecule has 2 aliphatic heterocycles. The van der Waals surface area contributed by atoms with Crippen LogP contribution in [0.5, 0.6) is 0 Å². The molecular weight excluding hydrogens is 542 g/mol. The summed E-state index contributed by atoms with van der Waals surface area (Å²) in [5.41, 5.74) is -0.327. The van der Waals surface area contributed by atoms with Crippen molar-refractivity contribution in [3.05, 3.63) is 70.8 Å². The molecule has 0 unspecified atom stereocenters. The first-order valence-electron chi connectivity index (χ1n) is 11.8. The number of alkyl halides is 6. The van der Waals surface area contributed by atoms with E-state index in [-0.39, 0.29) is 42.8 Å². The van der Waals surface area contributed by atoms with E-state index in [1.165, 1.54) is 48.5 Å². The number of rotatable bonds is 2. The first kappa shape index (κ1) is 24.3. The molecule has 0 spiro atoms. The third-order valence-corrected chi connectivity index (χ3v) is 7.48. The van der Waals surface area contributed by atoms with Crippen molar-refractivity contribution >= 4 is 66.7 Å². The Bertz CT molecular complexity index is 1760. The molecule has 0 bridgehead atoms. The molecular formula is C28H12F6N2O4. The largest absolute Gasteiger partial charge is 0.406 e. The van der Waals surface area contributed by atoms with E-state index in [1.54, 1.807) is 0 Å². The van der Waals surface area contributed by atoms with Gasteiger partial charge in [0.25, 0.3) is 23.6 Å². The van der Waals surface area contributed by atoms with Crippen molar-refractivity contribution in [1.82, 2.24) is 9.80 Å². The highest BCUT2D eigenvalue weighted by atomic mass is 19.4. The molecule has 200 valence electrons. The summed E-state index contributed by atoms with van der Waals surface area (Å²) in [6, 6.07) is 11.4. The lowest BCUT2D eigenvalue weighted by atomic mass is 9.82. The van der Waals surface area contributed by atoms with E-state index < -0.39 is 49.1 Å². The Labute approximate surface area is 218 Å². The third-order valence-electron chi connectivity index (χ3n) is 7.48. The number of fused-ring (bicyclic) bond motifs is 2. The highest BCUT2D eigenvalue weighted by molar-refractivity contribution is 6.41. The molecule has 0 atom stereocenters. The average molecular weight is 554 g/mol. The molecule has 0 aromatic heterocycles. The summed E-state index contributed by atoms with van der Waals surface area (Å²) in [7, 11) is 0. The van der Waals surface area contributed by atoms with Crippen LogP contribution in [0.4, 0.5) is 26.3 Å². The van der Waals surface area contributed by atoms with Gasteiger partial charge in [0.05, 0.1) is 0 Å². The number of carbonyl (C=O) groups is 4. The molecule has 0 saturated carbocycles. The number of benzene rings is 5. The maximum atomic E-state index is 13.1. The fourth-order valence-corrected chi connectivity index (χ4v) is 6.01. The van der Waals surface area contributed by atoms with Crippen molar-refractivity contribution in [1.29, 1.82) is 0 Å². The van der Waals surface area contributed by atoms with E-state index in [0.717, 1.165) is 0 Å². The van der Waals surface area contributed by atoms with Gasteiger partial charge in [-0.05, 0) is 56.6 Å². The van der Waals surface area contributed by atoms with Gasteiger partial charge in [-0.15, -0.1) is 0 Å². The Hall–Kier alpha value is -4.74. The van der Waals surface area contributed by atoms with E-state index >= 15 is 0 Å². The monoisotopic (exact) mass is 554 g/mol. The van der Waals surface area contributed by atoms with Crippen LogP contribution in [-0.2, 0) is 0 Å². The van der Waals surface area contributed by atoms with Gasteiger partial charge >= 0.3 is 12.4 Å². The number of halogens is 6. The molecule has 2 heterocycles. The zero-order valence-corrected chi connectivity index (χ0v) is 19.8. The maximum Gasteiger partial charge on any atom is 0.406 e. The molecule has 40 heavy (non-hydrogen) atoms. The summed E-state index contributed by atoms with van der Waals surface area (Å²) in [6.07, 6.45) is -9.60. The minimum atomic E-state index is -4.80. The summed E-state index contributed by atoms with van der Waals surface area (Å²) >= 11 is 0. The highest BCUT2D eigenvalue weighted by Crippen LogP contribution is 2.46. The van der Waals surface area contributed by atoms with Crippen molar-refractivity contribution < 1.29 is 45.5 Å². The molecule has 0 saturated heterocycles. The first-order chi connectivity index (χ1) is 18.8.